The van der Waals surface area contributed by atoms with Crippen molar-refractivity contribution in [2.75, 3.05) is 23.7 Å². The van der Waals surface area contributed by atoms with Gasteiger partial charge in [-0.1, -0.05) is 47.5 Å². The van der Waals surface area contributed by atoms with Crippen molar-refractivity contribution >= 4 is 39.1 Å². The van der Waals surface area contributed by atoms with Gasteiger partial charge in [-0.2, -0.15) is 0 Å². The molecule has 1 N–H and O–H groups in total. The first-order chi connectivity index (χ1) is 14.9. The number of amides is 2. The molecule has 0 saturated carbocycles. The van der Waals surface area contributed by atoms with Gasteiger partial charge >= 0.3 is 0 Å². The Bertz CT molecular complexity index is 1070. The van der Waals surface area contributed by atoms with E-state index in [9.17, 15) is 18.0 Å². The molecule has 32 heavy (non-hydrogen) atoms. The van der Waals surface area contributed by atoms with E-state index < -0.39 is 28.5 Å². The maximum Gasteiger partial charge on any atom is 0.244 e. The van der Waals surface area contributed by atoms with E-state index in [1.807, 2.05) is 31.2 Å². The molecule has 1 atom stereocenters. The van der Waals surface area contributed by atoms with Crippen molar-refractivity contribution in [2.24, 2.45) is 0 Å². The molecule has 0 aliphatic rings. The summed E-state index contributed by atoms with van der Waals surface area (Å²) in [5.41, 5.74) is 2.90. The molecule has 2 aromatic carbocycles. The number of anilines is 1. The summed E-state index contributed by atoms with van der Waals surface area (Å²) >= 11 is 6.09. The second-order valence-corrected chi connectivity index (χ2v) is 10.1. The molecule has 0 bridgehead atoms. The van der Waals surface area contributed by atoms with Gasteiger partial charge in [0.05, 0.1) is 11.9 Å². The highest BCUT2D eigenvalue weighted by Gasteiger charge is 2.30. The van der Waals surface area contributed by atoms with Gasteiger partial charge in [0.15, 0.2) is 0 Å². The molecule has 0 spiro atoms. The predicted molar refractivity (Wildman–Crippen MR) is 128 cm³/mol. The zero-order valence-electron chi connectivity index (χ0n) is 19.1. The summed E-state index contributed by atoms with van der Waals surface area (Å²) in [4.78, 5) is 27.3. The smallest absolute Gasteiger partial charge is 0.244 e. The van der Waals surface area contributed by atoms with Crippen LogP contribution in [0.4, 0.5) is 5.69 Å². The molecule has 0 aliphatic carbocycles. The van der Waals surface area contributed by atoms with E-state index in [0.717, 1.165) is 21.7 Å². The number of sulfonamides is 1. The summed E-state index contributed by atoms with van der Waals surface area (Å²) in [6.45, 7) is 7.28. The van der Waals surface area contributed by atoms with Gasteiger partial charge in [-0.3, -0.25) is 13.9 Å². The summed E-state index contributed by atoms with van der Waals surface area (Å²) in [5, 5.41) is 3.09. The van der Waals surface area contributed by atoms with Gasteiger partial charge in [0.1, 0.15) is 12.6 Å². The molecule has 9 heteroatoms. The van der Waals surface area contributed by atoms with Crippen LogP contribution in [0, 0.1) is 13.8 Å². The van der Waals surface area contributed by atoms with Crippen LogP contribution >= 0.6 is 11.6 Å². The third-order valence-corrected chi connectivity index (χ3v) is 6.47. The first-order valence-corrected chi connectivity index (χ1v) is 12.5. The fourth-order valence-electron chi connectivity index (χ4n) is 3.24. The Morgan fingerprint density at radius 3 is 2.28 bits per heavy atom. The Balaban J connectivity index is 2.42. The lowest BCUT2D eigenvalue weighted by Gasteiger charge is -2.32. The van der Waals surface area contributed by atoms with E-state index >= 15 is 0 Å². The molecule has 0 aromatic heterocycles. The Morgan fingerprint density at radius 2 is 1.72 bits per heavy atom. The number of nitrogens with one attached hydrogen (secondary N) is 1. The number of rotatable bonds is 9. The summed E-state index contributed by atoms with van der Waals surface area (Å²) in [5.74, 6) is -0.799. The monoisotopic (exact) mass is 479 g/mol. The summed E-state index contributed by atoms with van der Waals surface area (Å²) in [6, 6.07) is 11.7. The zero-order valence-corrected chi connectivity index (χ0v) is 20.6. The van der Waals surface area contributed by atoms with E-state index in [0.29, 0.717) is 22.8 Å². The van der Waals surface area contributed by atoms with Crippen molar-refractivity contribution in [1.82, 2.24) is 10.2 Å². The maximum absolute atomic E-state index is 13.4. The van der Waals surface area contributed by atoms with E-state index in [1.54, 1.807) is 32.9 Å². The number of carbonyl (C=O) groups excluding carboxylic acids is 2. The molecule has 2 amide bonds. The minimum absolute atomic E-state index is 0.170. The quantitative estimate of drug-likeness (QED) is 0.598. The lowest BCUT2D eigenvalue weighted by atomic mass is 10.1. The van der Waals surface area contributed by atoms with Crippen LogP contribution < -0.4 is 9.62 Å². The normalized spacial score (nSPS) is 12.2. The molecule has 7 nitrogen and oxygen atoms in total. The number of benzene rings is 2. The van der Waals surface area contributed by atoms with Crippen molar-refractivity contribution in [2.45, 2.75) is 40.3 Å². The minimum Gasteiger partial charge on any atom is -0.355 e. The van der Waals surface area contributed by atoms with Crippen molar-refractivity contribution in [3.8, 4) is 0 Å². The molecular formula is C23H30ClN3O4S. The molecule has 0 heterocycles. The first kappa shape index (κ1) is 25.7. The second kappa shape index (κ2) is 10.8. The topological polar surface area (TPSA) is 86.8 Å². The van der Waals surface area contributed by atoms with Gasteiger partial charge in [-0.05, 0) is 51.0 Å². The van der Waals surface area contributed by atoms with Gasteiger partial charge in [-0.25, -0.2) is 8.42 Å². The molecule has 0 radical (unpaired) electrons. The van der Waals surface area contributed by atoms with Gasteiger partial charge in [0, 0.05) is 18.1 Å². The lowest BCUT2D eigenvalue weighted by Crippen LogP contribution is -2.51. The van der Waals surface area contributed by atoms with Crippen molar-refractivity contribution < 1.29 is 18.0 Å². The molecule has 0 unspecified atom stereocenters. The van der Waals surface area contributed by atoms with Gasteiger partial charge < -0.3 is 10.2 Å². The van der Waals surface area contributed by atoms with Crippen molar-refractivity contribution in [3.05, 3.63) is 64.2 Å². The minimum atomic E-state index is -3.79. The van der Waals surface area contributed by atoms with Crippen LogP contribution in [-0.2, 0) is 26.2 Å². The number of likely N-dealkylation sites (N-methyl/N-ethyl adjacent to an activating group) is 1. The number of aryl methyl sites for hydroxylation is 2. The Morgan fingerprint density at radius 1 is 1.09 bits per heavy atom. The van der Waals surface area contributed by atoms with E-state index in [2.05, 4.69) is 5.32 Å². The van der Waals surface area contributed by atoms with Crippen LogP contribution in [0.5, 0.6) is 0 Å². The van der Waals surface area contributed by atoms with Crippen molar-refractivity contribution in [3.63, 3.8) is 0 Å². The predicted octanol–water partition coefficient (Wildman–Crippen LogP) is 3.28. The Kier molecular flexibility index (Phi) is 8.69. The Hall–Kier alpha value is -2.58. The van der Waals surface area contributed by atoms with E-state index in [1.165, 1.54) is 11.0 Å². The van der Waals surface area contributed by atoms with Gasteiger partial charge in [0.2, 0.25) is 21.8 Å². The van der Waals surface area contributed by atoms with Crippen molar-refractivity contribution in [1.29, 1.82) is 0 Å². The number of hydrogen-bond acceptors (Lipinski definition) is 4. The van der Waals surface area contributed by atoms with Crippen LogP contribution in [0.2, 0.25) is 5.02 Å². The number of carbonyl (C=O) groups is 2. The van der Waals surface area contributed by atoms with E-state index in [4.69, 9.17) is 11.6 Å². The number of nitrogens with zero attached hydrogens (tertiary/aromatic N) is 2. The average molecular weight is 480 g/mol. The van der Waals surface area contributed by atoms with E-state index in [-0.39, 0.29) is 12.5 Å². The molecule has 0 fully saturated rings. The average Bonchev–Trinajstić information content (AvgIpc) is 2.72. The molecule has 0 aliphatic heterocycles. The summed E-state index contributed by atoms with van der Waals surface area (Å²) < 4.78 is 26.2. The third kappa shape index (κ3) is 6.71. The molecule has 2 rings (SSSR count). The Labute approximate surface area is 195 Å². The van der Waals surface area contributed by atoms with Crippen LogP contribution in [0.25, 0.3) is 0 Å². The zero-order chi connectivity index (χ0) is 24.1. The standard InChI is InChI=1S/C23H30ClN3O4S/c1-6-25-23(29)18(4)26(14-19-10-7-16(2)8-11-19)22(28)15-27(32(5,30)31)21-13-20(24)12-9-17(21)3/h7-13,18H,6,14-15H2,1-5H3,(H,25,29)/t18-/m1/s1. The van der Waals surface area contributed by atoms with Gasteiger partial charge in [0.25, 0.3) is 0 Å². The highest BCUT2D eigenvalue weighted by atomic mass is 35.5. The second-order valence-electron chi connectivity index (χ2n) is 7.78. The van der Waals surface area contributed by atoms with Crippen LogP contribution in [0.1, 0.15) is 30.5 Å². The number of halogens is 1. The lowest BCUT2D eigenvalue weighted by molar-refractivity contribution is -0.139. The fourth-order valence-corrected chi connectivity index (χ4v) is 4.31. The highest BCUT2D eigenvalue weighted by Crippen LogP contribution is 2.26. The third-order valence-electron chi connectivity index (χ3n) is 5.11. The highest BCUT2D eigenvalue weighted by molar-refractivity contribution is 7.92. The van der Waals surface area contributed by atoms with Crippen LogP contribution in [0.3, 0.4) is 0 Å². The molecule has 2 aromatic rings. The molecule has 174 valence electrons. The van der Waals surface area contributed by atoms with Crippen LogP contribution in [-0.4, -0.2) is 50.5 Å². The summed E-state index contributed by atoms with van der Waals surface area (Å²) in [6.07, 6.45) is 1.04. The SMILES string of the molecule is CCNC(=O)[C@@H](C)N(Cc1ccc(C)cc1)C(=O)CN(c1cc(Cl)ccc1C)S(C)(=O)=O. The molecule has 0 saturated heterocycles. The summed E-state index contributed by atoms with van der Waals surface area (Å²) in [7, 11) is -3.79. The van der Waals surface area contributed by atoms with Crippen LogP contribution in [0.15, 0.2) is 42.5 Å². The first-order valence-electron chi connectivity index (χ1n) is 10.3. The number of hydrogen-bond donors (Lipinski definition) is 1. The fraction of sp³-hybridized carbons (Fsp3) is 0.391. The largest absolute Gasteiger partial charge is 0.355 e. The maximum atomic E-state index is 13.4. The molecular weight excluding hydrogens is 450 g/mol. The van der Waals surface area contributed by atoms with Gasteiger partial charge in [-0.15, -0.1) is 0 Å².